The Morgan fingerprint density at radius 1 is 1.54 bits per heavy atom. The Hall–Kier alpha value is -1.26. The predicted molar refractivity (Wildman–Crippen MR) is 54.2 cm³/mol. The Labute approximate surface area is 82.7 Å². The SMILES string of the molecule is Cc1ccc(C=O)c(C#CCCl)c1. The second-order valence-corrected chi connectivity index (χ2v) is 2.91. The first-order valence-corrected chi connectivity index (χ1v) is 4.42. The van der Waals surface area contributed by atoms with Crippen molar-refractivity contribution in [3.63, 3.8) is 0 Å². The molecule has 0 fully saturated rings. The molecule has 0 unspecified atom stereocenters. The summed E-state index contributed by atoms with van der Waals surface area (Å²) in [5, 5.41) is 0. The van der Waals surface area contributed by atoms with E-state index < -0.39 is 0 Å². The summed E-state index contributed by atoms with van der Waals surface area (Å²) in [6.07, 6.45) is 0.803. The number of aldehydes is 1. The van der Waals surface area contributed by atoms with Gasteiger partial charge in [-0.1, -0.05) is 24.0 Å². The van der Waals surface area contributed by atoms with E-state index in [0.29, 0.717) is 5.56 Å². The molecule has 0 bridgehead atoms. The Balaban J connectivity index is 3.15. The number of carbonyl (C=O) groups excluding carboxylic acids is 1. The van der Waals surface area contributed by atoms with Crippen molar-refractivity contribution in [2.75, 3.05) is 5.88 Å². The third kappa shape index (κ3) is 2.61. The fourth-order valence-electron chi connectivity index (χ4n) is 1.01. The minimum Gasteiger partial charge on any atom is -0.298 e. The Kier molecular flexibility index (Phi) is 3.54. The number of benzene rings is 1. The van der Waals surface area contributed by atoms with Crippen LogP contribution in [0.2, 0.25) is 0 Å². The van der Waals surface area contributed by atoms with Crippen LogP contribution in [-0.2, 0) is 0 Å². The Bertz CT molecular complexity index is 371. The highest BCUT2D eigenvalue weighted by Crippen LogP contribution is 2.08. The molecule has 0 aliphatic carbocycles. The van der Waals surface area contributed by atoms with Crippen LogP contribution in [0.5, 0.6) is 0 Å². The molecule has 1 nitrogen and oxygen atoms in total. The topological polar surface area (TPSA) is 17.1 Å². The number of alkyl halides is 1. The van der Waals surface area contributed by atoms with E-state index in [1.165, 1.54) is 0 Å². The van der Waals surface area contributed by atoms with Gasteiger partial charge in [-0.3, -0.25) is 4.79 Å². The van der Waals surface area contributed by atoms with Gasteiger partial charge in [-0.2, -0.15) is 0 Å². The monoisotopic (exact) mass is 192 g/mol. The summed E-state index contributed by atoms with van der Waals surface area (Å²) in [5.41, 5.74) is 2.45. The van der Waals surface area contributed by atoms with Crippen molar-refractivity contribution in [3.8, 4) is 11.8 Å². The largest absolute Gasteiger partial charge is 0.298 e. The molecule has 0 spiro atoms. The van der Waals surface area contributed by atoms with E-state index in [0.717, 1.165) is 17.4 Å². The van der Waals surface area contributed by atoms with Gasteiger partial charge in [0, 0.05) is 11.1 Å². The number of aryl methyl sites for hydroxylation is 1. The average Bonchev–Trinajstić information content (AvgIpc) is 2.15. The molecule has 0 aliphatic heterocycles. The molecule has 1 rings (SSSR count). The summed E-state index contributed by atoms with van der Waals surface area (Å²) in [7, 11) is 0. The number of carbonyl (C=O) groups is 1. The molecule has 2 heteroatoms. The maximum atomic E-state index is 10.6. The summed E-state index contributed by atoms with van der Waals surface area (Å²) in [6.45, 7) is 1.96. The maximum absolute atomic E-state index is 10.6. The van der Waals surface area contributed by atoms with E-state index in [9.17, 15) is 4.79 Å². The Morgan fingerprint density at radius 2 is 2.31 bits per heavy atom. The van der Waals surface area contributed by atoms with Crippen molar-refractivity contribution in [2.24, 2.45) is 0 Å². The molecule has 0 heterocycles. The number of hydrogen-bond donors (Lipinski definition) is 0. The highest BCUT2D eigenvalue weighted by molar-refractivity contribution is 6.19. The van der Waals surface area contributed by atoms with Gasteiger partial charge in [-0.05, 0) is 18.6 Å². The fourth-order valence-corrected chi connectivity index (χ4v) is 1.08. The van der Waals surface area contributed by atoms with E-state index in [4.69, 9.17) is 11.6 Å². The van der Waals surface area contributed by atoms with Crippen LogP contribution in [0.25, 0.3) is 0 Å². The molecule has 66 valence electrons. The summed E-state index contributed by atoms with van der Waals surface area (Å²) < 4.78 is 0. The minimum atomic E-state index is 0.284. The highest BCUT2D eigenvalue weighted by atomic mass is 35.5. The second kappa shape index (κ2) is 4.69. The number of rotatable bonds is 1. The van der Waals surface area contributed by atoms with Gasteiger partial charge in [0.15, 0.2) is 6.29 Å². The molecule has 1 aromatic rings. The van der Waals surface area contributed by atoms with Crippen LogP contribution >= 0.6 is 11.6 Å². The predicted octanol–water partition coefficient (Wildman–Crippen LogP) is 2.40. The third-order valence-electron chi connectivity index (χ3n) is 1.63. The quantitative estimate of drug-likeness (QED) is 0.379. The smallest absolute Gasteiger partial charge is 0.151 e. The standard InChI is InChI=1S/C11H9ClO/c1-9-4-5-11(8-13)10(7-9)3-2-6-12/h4-5,7-8H,6H2,1H3. The van der Waals surface area contributed by atoms with Crippen molar-refractivity contribution in [1.29, 1.82) is 0 Å². The fraction of sp³-hybridized carbons (Fsp3) is 0.182. The lowest BCUT2D eigenvalue weighted by Gasteiger charge is -1.97. The summed E-state index contributed by atoms with van der Waals surface area (Å²) in [6, 6.07) is 5.53. The van der Waals surface area contributed by atoms with Crippen LogP contribution < -0.4 is 0 Å². The van der Waals surface area contributed by atoms with E-state index in [2.05, 4.69) is 11.8 Å². The minimum absolute atomic E-state index is 0.284. The second-order valence-electron chi connectivity index (χ2n) is 2.64. The molecule has 0 N–H and O–H groups in total. The maximum Gasteiger partial charge on any atom is 0.151 e. The summed E-state index contributed by atoms with van der Waals surface area (Å²) in [5.74, 6) is 5.85. The first-order chi connectivity index (χ1) is 6.27. The lowest BCUT2D eigenvalue weighted by Crippen LogP contribution is -1.88. The molecule has 0 radical (unpaired) electrons. The molecule has 13 heavy (non-hydrogen) atoms. The molecule has 0 aliphatic rings. The van der Waals surface area contributed by atoms with Crippen LogP contribution in [0.1, 0.15) is 21.5 Å². The van der Waals surface area contributed by atoms with Gasteiger partial charge < -0.3 is 0 Å². The molecule has 1 aromatic carbocycles. The normalized spacial score (nSPS) is 8.77. The lowest BCUT2D eigenvalue weighted by atomic mass is 10.1. The molecule has 0 aromatic heterocycles. The van der Waals surface area contributed by atoms with Crippen LogP contribution in [0.3, 0.4) is 0 Å². The molecular weight excluding hydrogens is 184 g/mol. The first kappa shape index (κ1) is 9.83. The van der Waals surface area contributed by atoms with Crippen LogP contribution in [-0.4, -0.2) is 12.2 Å². The van der Waals surface area contributed by atoms with E-state index in [1.54, 1.807) is 6.07 Å². The van der Waals surface area contributed by atoms with Gasteiger partial charge in [0.2, 0.25) is 0 Å². The number of hydrogen-bond acceptors (Lipinski definition) is 1. The summed E-state index contributed by atoms with van der Waals surface area (Å²) in [4.78, 5) is 10.6. The first-order valence-electron chi connectivity index (χ1n) is 3.88. The molecule has 0 saturated heterocycles. The van der Waals surface area contributed by atoms with Gasteiger partial charge in [0.1, 0.15) is 0 Å². The van der Waals surface area contributed by atoms with Crippen molar-refractivity contribution >= 4 is 17.9 Å². The highest BCUT2D eigenvalue weighted by Gasteiger charge is 1.97. The van der Waals surface area contributed by atoms with Crippen LogP contribution in [0.4, 0.5) is 0 Å². The van der Waals surface area contributed by atoms with Gasteiger partial charge in [0.05, 0.1) is 5.88 Å². The lowest BCUT2D eigenvalue weighted by molar-refractivity contribution is 0.112. The molecular formula is C11H9ClO. The summed E-state index contributed by atoms with van der Waals surface area (Å²) >= 11 is 5.42. The zero-order valence-electron chi connectivity index (χ0n) is 7.30. The average molecular weight is 193 g/mol. The van der Waals surface area contributed by atoms with Crippen molar-refractivity contribution in [2.45, 2.75) is 6.92 Å². The van der Waals surface area contributed by atoms with E-state index >= 15 is 0 Å². The van der Waals surface area contributed by atoms with Crippen molar-refractivity contribution in [1.82, 2.24) is 0 Å². The van der Waals surface area contributed by atoms with Gasteiger partial charge in [-0.25, -0.2) is 0 Å². The number of halogens is 1. The molecule has 0 amide bonds. The zero-order valence-corrected chi connectivity index (χ0v) is 8.06. The Morgan fingerprint density at radius 3 is 2.92 bits per heavy atom. The van der Waals surface area contributed by atoms with Gasteiger partial charge >= 0.3 is 0 Å². The van der Waals surface area contributed by atoms with Gasteiger partial charge in [0.25, 0.3) is 0 Å². The van der Waals surface area contributed by atoms with Crippen LogP contribution in [0, 0.1) is 18.8 Å². The molecule has 0 saturated carbocycles. The zero-order chi connectivity index (χ0) is 9.68. The third-order valence-corrected chi connectivity index (χ3v) is 1.76. The van der Waals surface area contributed by atoms with Crippen molar-refractivity contribution < 1.29 is 4.79 Å². The van der Waals surface area contributed by atoms with Crippen LogP contribution in [0.15, 0.2) is 18.2 Å². The van der Waals surface area contributed by atoms with E-state index in [-0.39, 0.29) is 5.88 Å². The molecule has 0 atom stereocenters. The van der Waals surface area contributed by atoms with Gasteiger partial charge in [-0.15, -0.1) is 11.6 Å². The van der Waals surface area contributed by atoms with Crippen molar-refractivity contribution in [3.05, 3.63) is 34.9 Å². The van der Waals surface area contributed by atoms with E-state index in [1.807, 2.05) is 19.1 Å².